The van der Waals surface area contributed by atoms with E-state index in [1.807, 2.05) is 25.7 Å². The Balaban J connectivity index is 1.31. The van der Waals surface area contributed by atoms with E-state index in [1.54, 1.807) is 0 Å². The Labute approximate surface area is 256 Å². The van der Waals surface area contributed by atoms with Gasteiger partial charge in [0.15, 0.2) is 11.0 Å². The lowest BCUT2D eigenvalue weighted by atomic mass is 9.94. The fourth-order valence-electron chi connectivity index (χ4n) is 8.07. The van der Waals surface area contributed by atoms with Crippen LogP contribution < -0.4 is 14.4 Å². The summed E-state index contributed by atoms with van der Waals surface area (Å²) in [5.74, 6) is -0.00423. The number of carbonyl (C=O) groups is 1. The van der Waals surface area contributed by atoms with E-state index in [-0.39, 0.29) is 58.4 Å². The molecule has 2 aromatic rings. The molecule has 232 valence electrons. The van der Waals surface area contributed by atoms with Crippen molar-refractivity contribution in [2.24, 2.45) is 0 Å². The monoisotopic (exact) mass is 614 g/mol. The first-order chi connectivity index (χ1) is 20.5. The van der Waals surface area contributed by atoms with Crippen LogP contribution in [0.15, 0.2) is 12.2 Å². The number of amides is 1. The van der Waals surface area contributed by atoms with Crippen LogP contribution in [-0.4, -0.2) is 92.5 Å². The van der Waals surface area contributed by atoms with E-state index in [0.717, 1.165) is 51.6 Å². The largest absolute Gasteiger partial charge is 0.471 e. The summed E-state index contributed by atoms with van der Waals surface area (Å²) in [4.78, 5) is 33.8. The van der Waals surface area contributed by atoms with Gasteiger partial charge in [-0.25, -0.2) is 9.18 Å². The first-order valence-corrected chi connectivity index (χ1v) is 15.9. The van der Waals surface area contributed by atoms with Crippen LogP contribution in [0, 0.1) is 5.82 Å². The van der Waals surface area contributed by atoms with Gasteiger partial charge < -0.3 is 19.1 Å². The third kappa shape index (κ3) is 4.77. The van der Waals surface area contributed by atoms with Crippen molar-refractivity contribution in [2.45, 2.75) is 108 Å². The number of anilines is 1. The van der Waals surface area contributed by atoms with Gasteiger partial charge in [0.25, 0.3) is 0 Å². The number of piperazine rings is 1. The topological polar surface area (TPSA) is 93.2 Å². The van der Waals surface area contributed by atoms with Gasteiger partial charge in [-0.2, -0.15) is 15.0 Å². The molecule has 0 N–H and O–H groups in total. The number of pyridine rings is 1. The summed E-state index contributed by atoms with van der Waals surface area (Å²) in [6, 6.07) is -0.419. The zero-order chi connectivity index (χ0) is 30.3. The maximum absolute atomic E-state index is 15.7. The molecular formula is C31H40ClFN6O4. The van der Waals surface area contributed by atoms with Crippen molar-refractivity contribution >= 4 is 34.4 Å². The molecule has 2 unspecified atom stereocenters. The molecule has 0 radical (unpaired) electrons. The summed E-state index contributed by atoms with van der Waals surface area (Å²) >= 11 is 6.32. The molecule has 2 aromatic heterocycles. The molecule has 5 aliphatic heterocycles. The minimum atomic E-state index is -0.728. The molecule has 12 heteroatoms. The van der Waals surface area contributed by atoms with E-state index in [4.69, 9.17) is 30.8 Å². The molecule has 0 saturated carbocycles. The smallest absolute Gasteiger partial charge is 0.410 e. The van der Waals surface area contributed by atoms with E-state index in [0.29, 0.717) is 30.8 Å². The third-order valence-corrected chi connectivity index (χ3v) is 9.93. The van der Waals surface area contributed by atoms with Gasteiger partial charge in [0.1, 0.15) is 35.0 Å². The van der Waals surface area contributed by atoms with Gasteiger partial charge in [0.05, 0.1) is 23.7 Å². The number of hydrogen-bond acceptors (Lipinski definition) is 9. The minimum absolute atomic E-state index is 0.0319. The number of rotatable bonds is 5. The predicted molar refractivity (Wildman–Crippen MR) is 160 cm³/mol. The van der Waals surface area contributed by atoms with Gasteiger partial charge in [0, 0.05) is 13.1 Å². The molecule has 7 rings (SSSR count). The first kappa shape index (κ1) is 28.8. The fraction of sp³-hybridized carbons (Fsp3) is 0.677. The van der Waals surface area contributed by atoms with Crippen molar-refractivity contribution in [3.8, 4) is 11.9 Å². The van der Waals surface area contributed by atoms with Crippen LogP contribution in [0.25, 0.3) is 10.9 Å². The van der Waals surface area contributed by atoms with Crippen LogP contribution in [0.2, 0.25) is 5.15 Å². The molecular weight excluding hydrogens is 575 g/mol. The highest BCUT2D eigenvalue weighted by Gasteiger charge is 2.54. The van der Waals surface area contributed by atoms with Crippen molar-refractivity contribution in [1.82, 2.24) is 24.8 Å². The van der Waals surface area contributed by atoms with Crippen molar-refractivity contribution in [2.75, 3.05) is 31.1 Å². The summed E-state index contributed by atoms with van der Waals surface area (Å²) in [5, 5.41) is 0.0793. The SMILES string of the molecule is C=C1CN2CCCC2(COc2nc3c4c(nc(Cl)c(F)c4n2)OC(CCC)[C@@H]2[C@@H]4CC[C@H](CN32)N4C(=O)OC(C)(C)C)C1. The average molecular weight is 615 g/mol. The number of ether oxygens (including phenoxy) is 3. The van der Waals surface area contributed by atoms with Gasteiger partial charge in [0.2, 0.25) is 5.88 Å². The highest BCUT2D eigenvalue weighted by atomic mass is 35.5. The first-order valence-electron chi connectivity index (χ1n) is 15.5. The lowest BCUT2D eigenvalue weighted by molar-refractivity contribution is -0.000973. The van der Waals surface area contributed by atoms with Crippen molar-refractivity contribution in [1.29, 1.82) is 0 Å². The Kier molecular flexibility index (Phi) is 6.92. The lowest BCUT2D eigenvalue weighted by Crippen LogP contribution is -2.65. The average Bonchev–Trinajstić information content (AvgIpc) is 3.54. The molecule has 43 heavy (non-hydrogen) atoms. The van der Waals surface area contributed by atoms with Gasteiger partial charge in [-0.05, 0) is 65.8 Å². The zero-order valence-corrected chi connectivity index (χ0v) is 26.1. The Bertz CT molecular complexity index is 1480. The summed E-state index contributed by atoms with van der Waals surface area (Å²) in [6.45, 7) is 14.7. The second-order valence-electron chi connectivity index (χ2n) is 13.8. The molecule has 5 atom stereocenters. The Morgan fingerprint density at radius 1 is 1.26 bits per heavy atom. The van der Waals surface area contributed by atoms with Crippen LogP contribution in [0.5, 0.6) is 11.9 Å². The van der Waals surface area contributed by atoms with Gasteiger partial charge in [-0.1, -0.05) is 37.1 Å². The Morgan fingerprint density at radius 3 is 2.84 bits per heavy atom. The maximum Gasteiger partial charge on any atom is 0.410 e. The number of halogens is 2. The van der Waals surface area contributed by atoms with Crippen LogP contribution in [0.4, 0.5) is 15.0 Å². The summed E-state index contributed by atoms with van der Waals surface area (Å²) in [5.41, 5.74) is 0.474. The van der Waals surface area contributed by atoms with Crippen molar-refractivity contribution < 1.29 is 23.4 Å². The van der Waals surface area contributed by atoms with Crippen molar-refractivity contribution in [3.05, 3.63) is 23.1 Å². The molecule has 2 bridgehead atoms. The van der Waals surface area contributed by atoms with Crippen LogP contribution >= 0.6 is 11.6 Å². The molecule has 5 aliphatic rings. The second-order valence-corrected chi connectivity index (χ2v) is 14.2. The number of hydrogen-bond donors (Lipinski definition) is 0. The molecule has 1 amide bonds. The lowest BCUT2D eigenvalue weighted by Gasteiger charge is -2.48. The predicted octanol–water partition coefficient (Wildman–Crippen LogP) is 5.51. The number of carbonyl (C=O) groups excluding carboxylic acids is 1. The van der Waals surface area contributed by atoms with E-state index in [2.05, 4.69) is 33.3 Å². The van der Waals surface area contributed by atoms with Gasteiger partial charge in [-0.15, -0.1) is 0 Å². The number of fused-ring (bicyclic) bond motifs is 6. The molecule has 0 spiro atoms. The van der Waals surface area contributed by atoms with Crippen molar-refractivity contribution in [3.63, 3.8) is 0 Å². The van der Waals surface area contributed by atoms with Crippen LogP contribution in [-0.2, 0) is 4.74 Å². The molecule has 4 fully saturated rings. The van der Waals surface area contributed by atoms with E-state index >= 15 is 4.39 Å². The highest BCUT2D eigenvalue weighted by molar-refractivity contribution is 6.30. The van der Waals surface area contributed by atoms with E-state index in [1.165, 1.54) is 5.57 Å². The van der Waals surface area contributed by atoms with Crippen LogP contribution in [0.1, 0.15) is 72.6 Å². The zero-order valence-electron chi connectivity index (χ0n) is 25.4. The summed E-state index contributed by atoms with van der Waals surface area (Å²) < 4.78 is 34.5. The molecule has 4 saturated heterocycles. The van der Waals surface area contributed by atoms with Gasteiger partial charge in [-0.3, -0.25) is 9.80 Å². The summed E-state index contributed by atoms with van der Waals surface area (Å²) in [7, 11) is 0. The standard InChI is InChI=1S/C31H40ClFN6O4/c1-6-8-20-24-19-10-9-18(39(19)29(40)43-30(3,4)5)15-38(24)26-21-23(22(33)25(32)35-27(21)42-20)34-28(36-26)41-16-31-11-7-12-37(31)14-17(2)13-31/h18-20,24H,2,6-16H2,1,3-5H3/t18-,19+,20?,24+,31?/m1/s1. The quantitative estimate of drug-likeness (QED) is 0.319. The molecule has 7 heterocycles. The van der Waals surface area contributed by atoms with E-state index in [9.17, 15) is 4.79 Å². The number of aromatic nitrogens is 3. The van der Waals surface area contributed by atoms with Crippen LogP contribution in [0.3, 0.4) is 0 Å². The second kappa shape index (κ2) is 10.3. The van der Waals surface area contributed by atoms with Gasteiger partial charge >= 0.3 is 12.1 Å². The fourth-order valence-corrected chi connectivity index (χ4v) is 8.23. The van der Waals surface area contributed by atoms with E-state index < -0.39 is 11.4 Å². The Morgan fingerprint density at radius 2 is 2.07 bits per heavy atom. The Hall–Kier alpha value is -2.92. The molecule has 0 aliphatic carbocycles. The highest BCUT2D eigenvalue weighted by Crippen LogP contribution is 2.47. The number of nitrogens with zero attached hydrogens (tertiary/aromatic N) is 6. The molecule has 0 aromatic carbocycles. The molecule has 10 nitrogen and oxygen atoms in total. The minimum Gasteiger partial charge on any atom is -0.471 e. The summed E-state index contributed by atoms with van der Waals surface area (Å²) in [6.07, 6.45) is 5.48. The maximum atomic E-state index is 15.7. The third-order valence-electron chi connectivity index (χ3n) is 9.68. The normalized spacial score (nSPS) is 29.9.